The van der Waals surface area contributed by atoms with Crippen LogP contribution in [0.25, 0.3) is 10.9 Å². The number of carboxylic acid groups (broad SMARTS) is 1. The van der Waals surface area contributed by atoms with Crippen LogP contribution < -0.4 is 5.32 Å². The number of carbonyl (C=O) groups is 2. The molecule has 0 bridgehead atoms. The van der Waals surface area contributed by atoms with Crippen molar-refractivity contribution in [3.8, 4) is 0 Å². The molecular weight excluding hydrogens is 270 g/mol. The maximum atomic E-state index is 12.4. The highest BCUT2D eigenvalue weighted by molar-refractivity contribution is 6.06. The lowest BCUT2D eigenvalue weighted by molar-refractivity contribution is -0.139. The number of rotatable bonds is 6. The zero-order valence-corrected chi connectivity index (χ0v) is 12.1. The molecule has 1 heterocycles. The average molecular weight is 289 g/mol. The first-order valence-electron chi connectivity index (χ1n) is 7.00. The number of hydrogen-bond donors (Lipinski definition) is 3. The molecule has 0 aliphatic rings. The zero-order valence-electron chi connectivity index (χ0n) is 12.1. The normalized spacial score (nSPS) is 12.3. The number of hydrogen-bond acceptors (Lipinski definition) is 3. The number of aromatic nitrogens is 2. The number of nitrogens with zero attached hydrogens (tertiary/aromatic N) is 1. The summed E-state index contributed by atoms with van der Waals surface area (Å²) in [6, 6.07) is 2.78. The highest BCUT2D eigenvalue weighted by Gasteiger charge is 2.21. The summed E-state index contributed by atoms with van der Waals surface area (Å²) in [6.45, 7) is 3.87. The molecule has 6 nitrogen and oxygen atoms in total. The predicted octanol–water partition coefficient (Wildman–Crippen LogP) is 2.24. The third-order valence-corrected chi connectivity index (χ3v) is 3.39. The molecule has 1 unspecified atom stereocenters. The largest absolute Gasteiger partial charge is 0.480 e. The van der Waals surface area contributed by atoms with Gasteiger partial charge in [-0.1, -0.05) is 19.8 Å². The summed E-state index contributed by atoms with van der Waals surface area (Å²) in [4.78, 5) is 23.6. The number of benzene rings is 1. The van der Waals surface area contributed by atoms with Gasteiger partial charge in [-0.05, 0) is 31.0 Å². The minimum Gasteiger partial charge on any atom is -0.480 e. The van der Waals surface area contributed by atoms with Crippen LogP contribution >= 0.6 is 0 Å². The number of fused-ring (bicyclic) bond motifs is 1. The molecule has 0 aliphatic carbocycles. The lowest BCUT2D eigenvalue weighted by Crippen LogP contribution is -2.40. The standard InChI is InChI=1S/C15H19N3O3/c1-3-4-5-12(15(20)21)17-14(19)11-7-9(2)6-10-8-16-18-13(10)11/h6-8,12H,3-5H2,1-2H3,(H,16,18)(H,17,19)(H,20,21). The van der Waals surface area contributed by atoms with Gasteiger partial charge in [0.1, 0.15) is 6.04 Å². The Balaban J connectivity index is 2.25. The van der Waals surface area contributed by atoms with Gasteiger partial charge >= 0.3 is 5.97 Å². The molecule has 0 saturated heterocycles. The van der Waals surface area contributed by atoms with Gasteiger partial charge < -0.3 is 10.4 Å². The van der Waals surface area contributed by atoms with Crippen molar-refractivity contribution in [3.63, 3.8) is 0 Å². The number of carboxylic acids is 1. The van der Waals surface area contributed by atoms with E-state index in [4.69, 9.17) is 0 Å². The molecule has 1 aromatic heterocycles. The van der Waals surface area contributed by atoms with Crippen molar-refractivity contribution >= 4 is 22.8 Å². The molecule has 0 aliphatic heterocycles. The molecule has 2 rings (SSSR count). The minimum absolute atomic E-state index is 0.392. The summed E-state index contributed by atoms with van der Waals surface area (Å²) in [7, 11) is 0. The Morgan fingerprint density at radius 2 is 2.19 bits per heavy atom. The Labute approximate surface area is 122 Å². The predicted molar refractivity (Wildman–Crippen MR) is 79.2 cm³/mol. The molecule has 0 spiro atoms. The van der Waals surface area contributed by atoms with Crippen molar-refractivity contribution in [3.05, 3.63) is 29.5 Å². The molecule has 0 radical (unpaired) electrons. The summed E-state index contributed by atoms with van der Waals surface area (Å²) in [6.07, 6.45) is 3.71. The second-order valence-corrected chi connectivity index (χ2v) is 5.15. The Hall–Kier alpha value is -2.37. The second-order valence-electron chi connectivity index (χ2n) is 5.15. The fourth-order valence-corrected chi connectivity index (χ4v) is 2.29. The summed E-state index contributed by atoms with van der Waals surface area (Å²) in [5.41, 5.74) is 1.97. The van der Waals surface area contributed by atoms with E-state index in [1.165, 1.54) is 0 Å². The van der Waals surface area contributed by atoms with E-state index in [-0.39, 0.29) is 0 Å². The number of nitrogens with one attached hydrogen (secondary N) is 2. The van der Waals surface area contributed by atoms with Gasteiger partial charge in [0.25, 0.3) is 5.91 Å². The van der Waals surface area contributed by atoms with Gasteiger partial charge in [-0.15, -0.1) is 0 Å². The van der Waals surface area contributed by atoms with E-state index in [0.29, 0.717) is 17.5 Å². The molecule has 1 atom stereocenters. The number of aliphatic carboxylic acids is 1. The first-order valence-corrected chi connectivity index (χ1v) is 7.00. The molecule has 0 saturated carbocycles. The molecule has 0 fully saturated rings. The lowest BCUT2D eigenvalue weighted by atomic mass is 10.1. The summed E-state index contributed by atoms with van der Waals surface area (Å²) in [5.74, 6) is -1.40. The average Bonchev–Trinajstić information content (AvgIpc) is 2.89. The van der Waals surface area contributed by atoms with Crippen LogP contribution in [-0.2, 0) is 4.79 Å². The van der Waals surface area contributed by atoms with Crippen LogP contribution in [0.3, 0.4) is 0 Å². The van der Waals surface area contributed by atoms with E-state index in [1.807, 2.05) is 19.9 Å². The fourth-order valence-electron chi connectivity index (χ4n) is 2.29. The van der Waals surface area contributed by atoms with Crippen LogP contribution in [0.2, 0.25) is 0 Å². The van der Waals surface area contributed by atoms with E-state index in [2.05, 4.69) is 15.5 Å². The number of amides is 1. The number of aryl methyl sites for hydroxylation is 1. The van der Waals surface area contributed by atoms with Crippen molar-refractivity contribution < 1.29 is 14.7 Å². The molecule has 6 heteroatoms. The van der Waals surface area contributed by atoms with Gasteiger partial charge in [0.05, 0.1) is 17.3 Å². The van der Waals surface area contributed by atoms with Crippen molar-refractivity contribution in [1.82, 2.24) is 15.5 Å². The van der Waals surface area contributed by atoms with Crippen LogP contribution in [0, 0.1) is 6.92 Å². The van der Waals surface area contributed by atoms with Crippen molar-refractivity contribution in [2.24, 2.45) is 0 Å². The Morgan fingerprint density at radius 1 is 1.43 bits per heavy atom. The van der Waals surface area contributed by atoms with Crippen molar-refractivity contribution in [2.45, 2.75) is 39.2 Å². The van der Waals surface area contributed by atoms with E-state index in [0.717, 1.165) is 23.8 Å². The van der Waals surface area contributed by atoms with Crippen LogP contribution in [-0.4, -0.2) is 33.2 Å². The van der Waals surface area contributed by atoms with Gasteiger partial charge in [-0.3, -0.25) is 9.89 Å². The fraction of sp³-hybridized carbons (Fsp3) is 0.400. The SMILES string of the molecule is CCCCC(NC(=O)c1cc(C)cc2cn[nH]c12)C(=O)O. The van der Waals surface area contributed by atoms with Crippen LogP contribution in [0.5, 0.6) is 0 Å². The molecule has 3 N–H and O–H groups in total. The van der Waals surface area contributed by atoms with Crippen LogP contribution in [0.15, 0.2) is 18.3 Å². The quantitative estimate of drug-likeness (QED) is 0.760. The molecule has 112 valence electrons. The Bertz CT molecular complexity index is 663. The number of carbonyl (C=O) groups excluding carboxylic acids is 1. The van der Waals surface area contributed by atoms with Gasteiger partial charge in [-0.2, -0.15) is 5.10 Å². The second kappa shape index (κ2) is 6.39. The van der Waals surface area contributed by atoms with Gasteiger partial charge in [-0.25, -0.2) is 4.79 Å². The minimum atomic E-state index is -1.01. The molecule has 1 aromatic carbocycles. The molecular formula is C15H19N3O3. The monoisotopic (exact) mass is 289 g/mol. The lowest BCUT2D eigenvalue weighted by Gasteiger charge is -2.14. The van der Waals surface area contributed by atoms with Crippen molar-refractivity contribution in [2.75, 3.05) is 0 Å². The van der Waals surface area contributed by atoms with Crippen LogP contribution in [0.4, 0.5) is 0 Å². The first-order chi connectivity index (χ1) is 10.0. The van der Waals surface area contributed by atoms with Crippen LogP contribution in [0.1, 0.15) is 42.1 Å². The number of H-pyrrole nitrogens is 1. The molecule has 2 aromatic rings. The highest BCUT2D eigenvalue weighted by Crippen LogP contribution is 2.18. The first kappa shape index (κ1) is 15.0. The Morgan fingerprint density at radius 3 is 2.86 bits per heavy atom. The maximum Gasteiger partial charge on any atom is 0.326 e. The summed E-state index contributed by atoms with van der Waals surface area (Å²) in [5, 5.41) is 19.3. The smallest absolute Gasteiger partial charge is 0.326 e. The third-order valence-electron chi connectivity index (χ3n) is 3.39. The topological polar surface area (TPSA) is 95.1 Å². The van der Waals surface area contributed by atoms with E-state index in [9.17, 15) is 14.7 Å². The summed E-state index contributed by atoms with van der Waals surface area (Å²) >= 11 is 0. The highest BCUT2D eigenvalue weighted by atomic mass is 16.4. The van der Waals surface area contributed by atoms with Crippen molar-refractivity contribution in [1.29, 1.82) is 0 Å². The number of unbranched alkanes of at least 4 members (excludes halogenated alkanes) is 1. The van der Waals surface area contributed by atoms with E-state index >= 15 is 0 Å². The Kier molecular flexibility index (Phi) is 4.57. The van der Waals surface area contributed by atoms with E-state index < -0.39 is 17.9 Å². The van der Waals surface area contributed by atoms with Gasteiger partial charge in [0.15, 0.2) is 0 Å². The molecule has 1 amide bonds. The van der Waals surface area contributed by atoms with Gasteiger partial charge in [0.2, 0.25) is 0 Å². The number of aromatic amines is 1. The third kappa shape index (κ3) is 3.39. The van der Waals surface area contributed by atoms with E-state index in [1.54, 1.807) is 12.3 Å². The maximum absolute atomic E-state index is 12.4. The summed E-state index contributed by atoms with van der Waals surface area (Å²) < 4.78 is 0. The molecule has 21 heavy (non-hydrogen) atoms. The zero-order chi connectivity index (χ0) is 15.4. The van der Waals surface area contributed by atoms with Gasteiger partial charge in [0, 0.05) is 5.39 Å².